The highest BCUT2D eigenvalue weighted by Gasteiger charge is 2.30. The van der Waals surface area contributed by atoms with Gasteiger partial charge in [-0.25, -0.2) is 28.2 Å². The second-order valence-electron chi connectivity index (χ2n) is 12.7. The van der Waals surface area contributed by atoms with E-state index in [2.05, 4.69) is 20.3 Å². The number of carbonyl (C=O) groups excluding carboxylic acids is 1. The molecule has 2 fully saturated rings. The summed E-state index contributed by atoms with van der Waals surface area (Å²) in [6.45, 7) is 9.04. The van der Waals surface area contributed by atoms with Crippen LogP contribution >= 0.6 is 0 Å². The summed E-state index contributed by atoms with van der Waals surface area (Å²) in [5.74, 6) is 0.930. The van der Waals surface area contributed by atoms with Crippen molar-refractivity contribution in [1.29, 1.82) is 0 Å². The fourth-order valence-corrected chi connectivity index (χ4v) is 7.73. The third-order valence-electron chi connectivity index (χ3n) is 8.93. The summed E-state index contributed by atoms with van der Waals surface area (Å²) in [4.78, 5) is 40.3. The number of aryl methyl sites for hydroxylation is 2. The van der Waals surface area contributed by atoms with E-state index in [4.69, 9.17) is 19.4 Å². The molecule has 272 valence electrons. The number of carbonyl (C=O) groups is 1. The highest BCUT2D eigenvalue weighted by Crippen LogP contribution is 2.32. The van der Waals surface area contributed by atoms with Crippen molar-refractivity contribution in [3.63, 3.8) is 0 Å². The lowest BCUT2D eigenvalue weighted by molar-refractivity contribution is -0.198. The number of rotatable bonds is 13. The van der Waals surface area contributed by atoms with Gasteiger partial charge >= 0.3 is 0 Å². The number of piperazine rings is 1. The van der Waals surface area contributed by atoms with E-state index in [1.165, 1.54) is 22.5 Å². The van der Waals surface area contributed by atoms with Crippen LogP contribution in [0.5, 0.6) is 5.75 Å². The first-order chi connectivity index (χ1) is 24.7. The molecule has 6 rings (SSSR count). The zero-order valence-corrected chi connectivity index (χ0v) is 30.1. The molecule has 1 atom stereocenters. The number of imidazole rings is 1. The summed E-state index contributed by atoms with van der Waals surface area (Å²) >= 11 is 0. The van der Waals surface area contributed by atoms with Crippen LogP contribution in [-0.4, -0.2) is 88.8 Å². The van der Waals surface area contributed by atoms with Gasteiger partial charge in [-0.2, -0.15) is 4.31 Å². The SMILES string of the molecule is CCCc1nc(C)c2c(=O)[nH]c(-c3cc(S(=O)(=O)N4CCN(Cc5ccc(/C=C/C(=O)NOC6CCCCO6)cc5)CC4)ccc3OCC)nn12. The standard InChI is InChI=1S/C36H45N7O7S/c1-4-8-31-37-25(3)34-36(45)38-35(39-43(31)34)29-23-28(15-16-30(29)48-5-2)51(46,47)42-20-18-41(19-21-42)24-27-12-10-26(11-13-27)14-17-32(44)40-50-33-9-6-7-22-49-33/h10-17,23,33H,4-9,18-22,24H2,1-3H3,(H,40,44)(H,38,39,45)/b17-14+. The fourth-order valence-electron chi connectivity index (χ4n) is 6.28. The molecule has 4 heterocycles. The molecule has 1 unspecified atom stereocenters. The molecular formula is C36H45N7O7S. The second kappa shape index (κ2) is 16.3. The van der Waals surface area contributed by atoms with Gasteiger partial charge < -0.3 is 14.5 Å². The first-order valence-electron chi connectivity index (χ1n) is 17.5. The molecule has 14 nitrogen and oxygen atoms in total. The van der Waals surface area contributed by atoms with E-state index in [0.717, 1.165) is 36.8 Å². The van der Waals surface area contributed by atoms with Gasteiger partial charge in [-0.15, -0.1) is 5.10 Å². The predicted octanol–water partition coefficient (Wildman–Crippen LogP) is 3.84. The lowest BCUT2D eigenvalue weighted by atomic mass is 10.1. The number of aromatic amines is 1. The number of benzene rings is 2. The van der Waals surface area contributed by atoms with E-state index in [-0.39, 0.29) is 22.2 Å². The van der Waals surface area contributed by atoms with Gasteiger partial charge in [0.05, 0.1) is 22.8 Å². The molecule has 15 heteroatoms. The number of nitrogens with one attached hydrogen (secondary N) is 2. The number of ether oxygens (including phenoxy) is 2. The first-order valence-corrected chi connectivity index (χ1v) is 18.9. The van der Waals surface area contributed by atoms with Gasteiger partial charge in [-0.05, 0) is 68.5 Å². The van der Waals surface area contributed by atoms with Crippen LogP contribution in [0.25, 0.3) is 23.0 Å². The highest BCUT2D eigenvalue weighted by atomic mass is 32.2. The van der Waals surface area contributed by atoms with Gasteiger partial charge in [0.25, 0.3) is 11.5 Å². The average molecular weight is 720 g/mol. The van der Waals surface area contributed by atoms with Gasteiger partial charge in [-0.3, -0.25) is 14.5 Å². The van der Waals surface area contributed by atoms with Gasteiger partial charge in [0.15, 0.2) is 17.6 Å². The first kappa shape index (κ1) is 36.4. The minimum atomic E-state index is -3.86. The molecule has 2 saturated heterocycles. The fraction of sp³-hybridized carbons (Fsp3) is 0.444. The maximum atomic E-state index is 13.9. The van der Waals surface area contributed by atoms with E-state index >= 15 is 0 Å². The van der Waals surface area contributed by atoms with Crippen LogP contribution < -0.4 is 15.8 Å². The van der Waals surface area contributed by atoms with E-state index in [1.54, 1.807) is 23.6 Å². The number of aromatic nitrogens is 4. The molecule has 2 aliphatic rings. The van der Waals surface area contributed by atoms with Crippen molar-refractivity contribution in [3.8, 4) is 17.1 Å². The van der Waals surface area contributed by atoms with Crippen molar-refractivity contribution >= 4 is 27.5 Å². The van der Waals surface area contributed by atoms with E-state index < -0.39 is 16.3 Å². The van der Waals surface area contributed by atoms with Gasteiger partial charge in [0, 0.05) is 58.2 Å². The topological polar surface area (TPSA) is 160 Å². The molecule has 1 amide bonds. The lowest BCUT2D eigenvalue weighted by Gasteiger charge is -2.34. The molecule has 2 N–H and O–H groups in total. The lowest BCUT2D eigenvalue weighted by Crippen LogP contribution is -2.48. The minimum absolute atomic E-state index is 0.0962. The molecule has 0 bridgehead atoms. The van der Waals surface area contributed by atoms with Crippen LogP contribution in [-0.2, 0) is 37.4 Å². The molecule has 0 radical (unpaired) electrons. The number of sulfonamides is 1. The molecule has 0 saturated carbocycles. The van der Waals surface area contributed by atoms with Crippen molar-refractivity contribution in [1.82, 2.24) is 34.3 Å². The molecule has 2 aromatic heterocycles. The Hall–Kier alpha value is -4.41. The minimum Gasteiger partial charge on any atom is -0.493 e. The van der Waals surface area contributed by atoms with Crippen molar-refractivity contribution in [2.45, 2.75) is 70.6 Å². The van der Waals surface area contributed by atoms with Crippen LogP contribution in [0.3, 0.4) is 0 Å². The predicted molar refractivity (Wildman–Crippen MR) is 191 cm³/mol. The number of amides is 1. The Morgan fingerprint density at radius 3 is 2.59 bits per heavy atom. The summed E-state index contributed by atoms with van der Waals surface area (Å²) in [5.41, 5.74) is 5.34. The summed E-state index contributed by atoms with van der Waals surface area (Å²) in [5, 5.41) is 4.69. The van der Waals surface area contributed by atoms with Gasteiger partial charge in [-0.1, -0.05) is 31.2 Å². The number of hydrogen-bond donors (Lipinski definition) is 2. The Morgan fingerprint density at radius 2 is 1.88 bits per heavy atom. The Kier molecular flexibility index (Phi) is 11.6. The third-order valence-corrected chi connectivity index (χ3v) is 10.8. The molecule has 0 aliphatic carbocycles. The van der Waals surface area contributed by atoms with Crippen molar-refractivity contribution in [2.24, 2.45) is 0 Å². The summed E-state index contributed by atoms with van der Waals surface area (Å²) in [7, 11) is -3.86. The third kappa shape index (κ3) is 8.56. The van der Waals surface area contributed by atoms with Crippen LogP contribution in [0.15, 0.2) is 58.2 Å². The normalized spacial score (nSPS) is 17.7. The molecule has 51 heavy (non-hydrogen) atoms. The molecule has 0 spiro atoms. The zero-order valence-electron chi connectivity index (χ0n) is 29.3. The summed E-state index contributed by atoms with van der Waals surface area (Å²) in [6.07, 6.45) is 6.97. The number of hydroxylamine groups is 1. The van der Waals surface area contributed by atoms with Crippen molar-refractivity contribution in [2.75, 3.05) is 39.4 Å². The summed E-state index contributed by atoms with van der Waals surface area (Å²) in [6, 6.07) is 12.6. The maximum Gasteiger partial charge on any atom is 0.277 e. The Balaban J connectivity index is 1.09. The van der Waals surface area contributed by atoms with Gasteiger partial charge in [0.1, 0.15) is 11.6 Å². The zero-order chi connectivity index (χ0) is 36.0. The van der Waals surface area contributed by atoms with Crippen molar-refractivity contribution in [3.05, 3.63) is 81.5 Å². The van der Waals surface area contributed by atoms with E-state index in [1.807, 2.05) is 38.1 Å². The van der Waals surface area contributed by atoms with Gasteiger partial charge in [0.2, 0.25) is 10.0 Å². The number of H-pyrrole nitrogens is 1. The molecular weight excluding hydrogens is 675 g/mol. The monoisotopic (exact) mass is 719 g/mol. The van der Waals surface area contributed by atoms with E-state index in [0.29, 0.717) is 80.7 Å². The molecule has 4 aromatic rings. The Morgan fingerprint density at radius 1 is 1.10 bits per heavy atom. The highest BCUT2D eigenvalue weighted by molar-refractivity contribution is 7.89. The number of fused-ring (bicyclic) bond motifs is 1. The Bertz CT molecular complexity index is 2030. The van der Waals surface area contributed by atoms with Crippen LogP contribution in [0, 0.1) is 6.92 Å². The number of nitrogens with zero attached hydrogens (tertiary/aromatic N) is 5. The quantitative estimate of drug-likeness (QED) is 0.154. The smallest absolute Gasteiger partial charge is 0.277 e. The van der Waals surface area contributed by atoms with Crippen LogP contribution in [0.1, 0.15) is 62.2 Å². The van der Waals surface area contributed by atoms with Crippen LogP contribution in [0.2, 0.25) is 0 Å². The molecule has 2 aliphatic heterocycles. The van der Waals surface area contributed by atoms with Crippen LogP contribution in [0.4, 0.5) is 0 Å². The largest absolute Gasteiger partial charge is 0.493 e. The summed E-state index contributed by atoms with van der Waals surface area (Å²) < 4.78 is 42.1. The maximum absolute atomic E-state index is 13.9. The Labute approximate surface area is 297 Å². The second-order valence-corrected chi connectivity index (χ2v) is 14.6. The average Bonchev–Trinajstić information content (AvgIpc) is 3.46. The number of hydrogen-bond acceptors (Lipinski definition) is 10. The van der Waals surface area contributed by atoms with E-state index in [9.17, 15) is 18.0 Å². The van der Waals surface area contributed by atoms with Crippen molar-refractivity contribution < 1.29 is 27.5 Å². The molecule has 2 aromatic carbocycles.